The van der Waals surface area contributed by atoms with Crippen LogP contribution in [0.4, 0.5) is 0 Å². The Morgan fingerprint density at radius 3 is 2.74 bits per heavy atom. The number of aryl methyl sites for hydroxylation is 1. The van der Waals surface area contributed by atoms with Crippen molar-refractivity contribution in [2.75, 3.05) is 13.1 Å². The maximum absolute atomic E-state index is 12.4. The molecule has 0 unspecified atom stereocenters. The quantitative estimate of drug-likeness (QED) is 0.916. The van der Waals surface area contributed by atoms with E-state index in [1.165, 1.54) is 0 Å². The first-order valence-electron chi connectivity index (χ1n) is 6.69. The fraction of sp³-hybridized carbons (Fsp3) is 0.692. The Bertz CT molecular complexity index is 485. The van der Waals surface area contributed by atoms with Crippen molar-refractivity contribution in [3.05, 3.63) is 16.4 Å². The summed E-state index contributed by atoms with van der Waals surface area (Å²) in [6.45, 7) is 5.28. The Morgan fingerprint density at radius 2 is 2.21 bits per heavy atom. The van der Waals surface area contributed by atoms with Gasteiger partial charge in [-0.15, -0.1) is 0 Å². The van der Waals surface area contributed by atoms with Crippen LogP contribution < -0.4 is 5.73 Å². The Balaban J connectivity index is 2.15. The van der Waals surface area contributed by atoms with E-state index in [0.717, 1.165) is 18.5 Å². The van der Waals surface area contributed by atoms with Gasteiger partial charge < -0.3 is 10.6 Å². The molecule has 2 heterocycles. The molecule has 19 heavy (non-hydrogen) atoms. The number of rotatable bonds is 3. The van der Waals surface area contributed by atoms with Crippen molar-refractivity contribution in [1.82, 2.24) is 14.7 Å². The van der Waals surface area contributed by atoms with Gasteiger partial charge in [0.2, 0.25) is 0 Å². The average Bonchev–Trinajstić information content (AvgIpc) is 2.86. The van der Waals surface area contributed by atoms with Gasteiger partial charge in [0.05, 0.1) is 10.7 Å². The second-order valence-corrected chi connectivity index (χ2v) is 5.67. The SMILES string of the molecule is CCC[C@H]1CN(C(=O)c2nn(C)c(C)c2Cl)C[C@@H]1N. The first-order chi connectivity index (χ1) is 8.95. The molecule has 2 N–H and O–H groups in total. The number of hydrogen-bond acceptors (Lipinski definition) is 3. The highest BCUT2D eigenvalue weighted by molar-refractivity contribution is 6.34. The van der Waals surface area contributed by atoms with Gasteiger partial charge in [-0.3, -0.25) is 9.48 Å². The van der Waals surface area contributed by atoms with Gasteiger partial charge in [-0.1, -0.05) is 24.9 Å². The summed E-state index contributed by atoms with van der Waals surface area (Å²) < 4.78 is 1.63. The largest absolute Gasteiger partial charge is 0.335 e. The fourth-order valence-corrected chi connectivity index (χ4v) is 2.85. The van der Waals surface area contributed by atoms with E-state index in [9.17, 15) is 4.79 Å². The lowest BCUT2D eigenvalue weighted by atomic mass is 9.99. The number of halogens is 1. The number of likely N-dealkylation sites (tertiary alicyclic amines) is 1. The summed E-state index contributed by atoms with van der Waals surface area (Å²) in [6, 6.07) is 0.0625. The summed E-state index contributed by atoms with van der Waals surface area (Å²) in [5, 5.41) is 4.65. The predicted molar refractivity (Wildman–Crippen MR) is 75.2 cm³/mol. The molecule has 0 bridgehead atoms. The van der Waals surface area contributed by atoms with Crippen molar-refractivity contribution in [2.45, 2.75) is 32.7 Å². The van der Waals surface area contributed by atoms with Gasteiger partial charge in [0.25, 0.3) is 5.91 Å². The van der Waals surface area contributed by atoms with Crippen LogP contribution in [0.2, 0.25) is 5.02 Å². The van der Waals surface area contributed by atoms with E-state index >= 15 is 0 Å². The van der Waals surface area contributed by atoms with Crippen molar-refractivity contribution >= 4 is 17.5 Å². The minimum absolute atomic E-state index is 0.0625. The molecular weight excluding hydrogens is 264 g/mol. The van der Waals surface area contributed by atoms with Crippen molar-refractivity contribution in [1.29, 1.82) is 0 Å². The van der Waals surface area contributed by atoms with Gasteiger partial charge in [0.1, 0.15) is 0 Å². The number of amides is 1. The summed E-state index contributed by atoms with van der Waals surface area (Å²) in [4.78, 5) is 14.2. The normalized spacial score (nSPS) is 23.1. The molecule has 1 amide bonds. The van der Waals surface area contributed by atoms with Gasteiger partial charge in [0.15, 0.2) is 5.69 Å². The van der Waals surface area contributed by atoms with Crippen LogP contribution in [0.15, 0.2) is 0 Å². The van der Waals surface area contributed by atoms with Gasteiger partial charge in [-0.05, 0) is 19.3 Å². The molecule has 2 atom stereocenters. The number of carbonyl (C=O) groups excluding carboxylic acids is 1. The van der Waals surface area contributed by atoms with Crippen LogP contribution in [0.3, 0.4) is 0 Å². The van der Waals surface area contributed by atoms with Crippen molar-refractivity contribution in [3.63, 3.8) is 0 Å². The molecule has 0 saturated carbocycles. The van der Waals surface area contributed by atoms with Gasteiger partial charge >= 0.3 is 0 Å². The summed E-state index contributed by atoms with van der Waals surface area (Å²) in [5.74, 6) is 0.278. The minimum Gasteiger partial charge on any atom is -0.335 e. The van der Waals surface area contributed by atoms with E-state index in [4.69, 9.17) is 17.3 Å². The van der Waals surface area contributed by atoms with Crippen LogP contribution in [0, 0.1) is 12.8 Å². The van der Waals surface area contributed by atoms with Crippen molar-refractivity contribution in [3.8, 4) is 0 Å². The topological polar surface area (TPSA) is 64.2 Å². The number of hydrogen-bond donors (Lipinski definition) is 1. The highest BCUT2D eigenvalue weighted by atomic mass is 35.5. The van der Waals surface area contributed by atoms with Crippen LogP contribution in [0.5, 0.6) is 0 Å². The van der Waals surface area contributed by atoms with Crippen LogP contribution in [0.25, 0.3) is 0 Å². The second kappa shape index (κ2) is 5.51. The Morgan fingerprint density at radius 1 is 1.53 bits per heavy atom. The number of nitrogens with zero attached hydrogens (tertiary/aromatic N) is 3. The standard InChI is InChI=1S/C13H21ClN4O/c1-4-5-9-6-18(7-10(9)15)13(19)12-11(14)8(2)17(3)16-12/h9-10H,4-7,15H2,1-3H3/t9-,10-/m0/s1. The van der Waals surface area contributed by atoms with E-state index in [1.54, 1.807) is 16.6 Å². The van der Waals surface area contributed by atoms with Crippen LogP contribution in [0.1, 0.15) is 35.9 Å². The molecule has 1 aromatic rings. The van der Waals surface area contributed by atoms with E-state index in [0.29, 0.717) is 29.7 Å². The molecule has 2 rings (SSSR count). The molecule has 1 saturated heterocycles. The minimum atomic E-state index is -0.109. The van der Waals surface area contributed by atoms with Gasteiger partial charge in [-0.25, -0.2) is 0 Å². The van der Waals surface area contributed by atoms with E-state index in [-0.39, 0.29) is 11.9 Å². The average molecular weight is 285 g/mol. The molecule has 0 radical (unpaired) electrons. The Hall–Kier alpha value is -1.07. The first kappa shape index (κ1) is 14.3. The zero-order valence-electron chi connectivity index (χ0n) is 11.7. The van der Waals surface area contributed by atoms with E-state index in [2.05, 4.69) is 12.0 Å². The number of carbonyl (C=O) groups is 1. The number of aromatic nitrogens is 2. The summed E-state index contributed by atoms with van der Waals surface area (Å²) >= 11 is 6.16. The van der Waals surface area contributed by atoms with E-state index in [1.807, 2.05) is 6.92 Å². The lowest BCUT2D eigenvalue weighted by molar-refractivity contribution is 0.0779. The Kier molecular flexibility index (Phi) is 4.16. The maximum atomic E-state index is 12.4. The smallest absolute Gasteiger partial charge is 0.275 e. The third-order valence-corrected chi connectivity index (χ3v) is 4.35. The number of nitrogens with two attached hydrogens (primary N) is 1. The lowest BCUT2D eigenvalue weighted by Crippen LogP contribution is -2.32. The zero-order valence-corrected chi connectivity index (χ0v) is 12.4. The molecule has 0 aromatic carbocycles. The molecule has 6 heteroatoms. The van der Waals surface area contributed by atoms with Crippen molar-refractivity contribution < 1.29 is 4.79 Å². The van der Waals surface area contributed by atoms with Crippen molar-refractivity contribution in [2.24, 2.45) is 18.7 Å². The van der Waals surface area contributed by atoms with Crippen LogP contribution >= 0.6 is 11.6 Å². The monoisotopic (exact) mass is 284 g/mol. The molecule has 1 aliphatic rings. The lowest BCUT2D eigenvalue weighted by Gasteiger charge is -2.14. The molecule has 0 aliphatic carbocycles. The highest BCUT2D eigenvalue weighted by Crippen LogP contribution is 2.25. The predicted octanol–water partition coefficient (Wildman–Crippen LogP) is 1.58. The third kappa shape index (κ3) is 2.62. The summed E-state index contributed by atoms with van der Waals surface area (Å²) in [7, 11) is 1.79. The zero-order chi connectivity index (χ0) is 14.2. The third-order valence-electron chi connectivity index (χ3n) is 3.90. The van der Waals surface area contributed by atoms with Crippen LogP contribution in [-0.4, -0.2) is 39.7 Å². The summed E-state index contributed by atoms with van der Waals surface area (Å²) in [5.41, 5.74) is 7.24. The molecule has 106 valence electrons. The summed E-state index contributed by atoms with van der Waals surface area (Å²) in [6.07, 6.45) is 2.14. The van der Waals surface area contributed by atoms with Gasteiger partial charge in [0, 0.05) is 26.2 Å². The molecular formula is C13H21ClN4O. The van der Waals surface area contributed by atoms with E-state index < -0.39 is 0 Å². The maximum Gasteiger partial charge on any atom is 0.275 e. The van der Waals surface area contributed by atoms with Gasteiger partial charge in [-0.2, -0.15) is 5.10 Å². The fourth-order valence-electron chi connectivity index (χ4n) is 2.61. The highest BCUT2D eigenvalue weighted by Gasteiger charge is 2.34. The molecule has 1 fully saturated rings. The molecule has 1 aromatic heterocycles. The second-order valence-electron chi connectivity index (χ2n) is 5.29. The molecule has 0 spiro atoms. The first-order valence-corrected chi connectivity index (χ1v) is 7.07. The molecule has 5 nitrogen and oxygen atoms in total. The Labute approximate surface area is 118 Å². The molecule has 1 aliphatic heterocycles. The van der Waals surface area contributed by atoms with Crippen LogP contribution in [-0.2, 0) is 7.05 Å².